The van der Waals surface area contributed by atoms with Gasteiger partial charge in [-0.3, -0.25) is 19.1 Å². The summed E-state index contributed by atoms with van der Waals surface area (Å²) in [5.41, 5.74) is 1.18. The summed E-state index contributed by atoms with van der Waals surface area (Å²) >= 11 is 1.84. The molecule has 0 saturated carbocycles. The van der Waals surface area contributed by atoms with Crippen LogP contribution in [0.4, 0.5) is 0 Å². The Kier molecular flexibility index (Phi) is 4.52. The molecule has 1 fully saturated rings. The van der Waals surface area contributed by atoms with E-state index in [9.17, 15) is 9.59 Å². The number of hydrogen-bond acceptors (Lipinski definition) is 5. The molecule has 2 atom stereocenters. The van der Waals surface area contributed by atoms with Crippen molar-refractivity contribution in [1.82, 2.24) is 19.2 Å². The Balaban J connectivity index is 1.41. The molecule has 5 rings (SSSR count). The van der Waals surface area contributed by atoms with Crippen molar-refractivity contribution < 1.29 is 0 Å². The van der Waals surface area contributed by atoms with Crippen molar-refractivity contribution in [2.24, 2.45) is 5.92 Å². The number of rotatable bonds is 4. The average Bonchev–Trinajstić information content (AvgIpc) is 3.37. The average molecular weight is 409 g/mol. The first-order valence-corrected chi connectivity index (χ1v) is 10.8. The van der Waals surface area contributed by atoms with Gasteiger partial charge in [0, 0.05) is 47.8 Å². The predicted molar refractivity (Wildman–Crippen MR) is 114 cm³/mol. The molecular weight excluding hydrogens is 384 g/mol. The third-order valence-electron chi connectivity index (χ3n) is 6.06. The molecule has 1 aromatic carbocycles. The Morgan fingerprint density at radius 1 is 0.966 bits per heavy atom. The molecule has 29 heavy (non-hydrogen) atoms. The van der Waals surface area contributed by atoms with E-state index >= 15 is 0 Å². The van der Waals surface area contributed by atoms with Gasteiger partial charge in [-0.1, -0.05) is 29.8 Å². The van der Waals surface area contributed by atoms with Gasteiger partial charge >= 0.3 is 11.1 Å². The van der Waals surface area contributed by atoms with E-state index in [1.165, 1.54) is 14.4 Å². The molecule has 0 unspecified atom stereocenters. The second kappa shape index (κ2) is 7.07. The van der Waals surface area contributed by atoms with E-state index in [4.69, 9.17) is 0 Å². The highest BCUT2D eigenvalue weighted by Crippen LogP contribution is 2.38. The number of aryl methyl sites for hydroxylation is 2. The lowest BCUT2D eigenvalue weighted by Gasteiger charge is -2.17. The van der Waals surface area contributed by atoms with Gasteiger partial charge in [0.1, 0.15) is 5.82 Å². The van der Waals surface area contributed by atoms with Crippen LogP contribution in [-0.4, -0.2) is 32.3 Å². The van der Waals surface area contributed by atoms with Crippen LogP contribution in [0.25, 0.3) is 0 Å². The van der Waals surface area contributed by atoms with E-state index < -0.39 is 11.1 Å². The molecule has 2 aliphatic rings. The first-order valence-electron chi connectivity index (χ1n) is 10.0. The lowest BCUT2D eigenvalue weighted by Crippen LogP contribution is -2.44. The van der Waals surface area contributed by atoms with Gasteiger partial charge in [-0.15, -0.1) is 11.3 Å². The Morgan fingerprint density at radius 2 is 1.76 bits per heavy atom. The van der Waals surface area contributed by atoms with Gasteiger partial charge < -0.3 is 0 Å². The minimum absolute atomic E-state index is 0.216. The van der Waals surface area contributed by atoms with Crippen LogP contribution >= 0.6 is 11.3 Å². The van der Waals surface area contributed by atoms with Crippen LogP contribution < -0.4 is 11.1 Å². The van der Waals surface area contributed by atoms with Gasteiger partial charge in [0.15, 0.2) is 0 Å². The predicted octanol–water partition coefficient (Wildman–Crippen LogP) is 2.36. The highest BCUT2D eigenvalue weighted by molar-refractivity contribution is 7.11. The lowest BCUT2D eigenvalue weighted by atomic mass is 10.00. The number of aromatic nitrogens is 3. The van der Waals surface area contributed by atoms with Gasteiger partial charge in [-0.05, 0) is 31.5 Å². The first kappa shape index (κ1) is 18.5. The van der Waals surface area contributed by atoms with Crippen molar-refractivity contribution >= 4 is 11.3 Å². The quantitative estimate of drug-likeness (QED) is 0.622. The van der Waals surface area contributed by atoms with Crippen LogP contribution in [0.3, 0.4) is 0 Å². The molecule has 0 bridgehead atoms. The third kappa shape index (κ3) is 3.38. The zero-order valence-corrected chi connectivity index (χ0v) is 17.5. The number of nitrogens with zero attached hydrogens (tertiary/aromatic N) is 4. The second-order valence-electron chi connectivity index (χ2n) is 8.30. The van der Waals surface area contributed by atoms with Crippen LogP contribution in [0.15, 0.2) is 46.0 Å². The lowest BCUT2D eigenvalue weighted by molar-refractivity contribution is 0.306. The van der Waals surface area contributed by atoms with Crippen LogP contribution in [0, 0.1) is 19.8 Å². The van der Waals surface area contributed by atoms with Crippen LogP contribution in [0.2, 0.25) is 0 Å². The summed E-state index contributed by atoms with van der Waals surface area (Å²) in [7, 11) is 0. The maximum absolute atomic E-state index is 12.7. The summed E-state index contributed by atoms with van der Waals surface area (Å²) in [6.45, 7) is 7.86. The smallest absolute Gasteiger partial charge is 0.297 e. The molecule has 0 amide bonds. The van der Waals surface area contributed by atoms with Gasteiger partial charge in [-0.2, -0.15) is 5.10 Å². The fourth-order valence-corrected chi connectivity index (χ4v) is 5.50. The van der Waals surface area contributed by atoms with Gasteiger partial charge in [0.25, 0.3) is 0 Å². The molecule has 2 aliphatic heterocycles. The Labute approximate surface area is 173 Å². The monoisotopic (exact) mass is 408 g/mol. The van der Waals surface area contributed by atoms with E-state index in [1.54, 1.807) is 4.57 Å². The van der Waals surface area contributed by atoms with Gasteiger partial charge in [-0.25, -0.2) is 4.68 Å². The standard InChI is InChI=1S/C22H24N4O2S/c1-14-3-6-16(7-4-14)9-26-22(28)21(27)25-11-17-10-24(13-19(17)20(25)23-26)12-18-8-5-15(2)29-18/h3-8,17,19H,9-13H2,1-2H3/t17-,19+/m1/s1. The van der Waals surface area contributed by atoms with Crippen molar-refractivity contribution in [3.8, 4) is 0 Å². The minimum atomic E-state index is -0.528. The fraction of sp³-hybridized carbons (Fsp3) is 0.409. The summed E-state index contributed by atoms with van der Waals surface area (Å²) in [6, 6.07) is 12.4. The third-order valence-corrected chi connectivity index (χ3v) is 7.04. The minimum Gasteiger partial charge on any atom is -0.297 e. The van der Waals surface area contributed by atoms with Gasteiger partial charge in [0.2, 0.25) is 0 Å². The molecule has 7 heteroatoms. The Hall–Kier alpha value is -2.51. The highest BCUT2D eigenvalue weighted by Gasteiger charge is 2.42. The first-order chi connectivity index (χ1) is 14.0. The molecule has 0 spiro atoms. The van der Waals surface area contributed by atoms with Crippen molar-refractivity contribution in [2.45, 2.75) is 39.4 Å². The van der Waals surface area contributed by atoms with E-state index in [-0.39, 0.29) is 5.92 Å². The van der Waals surface area contributed by atoms with E-state index in [2.05, 4.69) is 29.1 Å². The largest absolute Gasteiger partial charge is 0.332 e. The molecule has 0 aliphatic carbocycles. The van der Waals surface area contributed by atoms with E-state index in [0.29, 0.717) is 19.0 Å². The van der Waals surface area contributed by atoms with Crippen LogP contribution in [0.1, 0.15) is 32.6 Å². The van der Waals surface area contributed by atoms with E-state index in [0.717, 1.165) is 36.6 Å². The van der Waals surface area contributed by atoms with Crippen LogP contribution in [-0.2, 0) is 19.6 Å². The SMILES string of the molecule is Cc1ccc(Cn2nc3n(c(=O)c2=O)C[C@H]2CN(Cc4ccc(C)s4)C[C@H]32)cc1. The van der Waals surface area contributed by atoms with Crippen molar-refractivity contribution in [2.75, 3.05) is 13.1 Å². The Morgan fingerprint density at radius 3 is 2.48 bits per heavy atom. The summed E-state index contributed by atoms with van der Waals surface area (Å²) < 4.78 is 2.97. The fourth-order valence-electron chi connectivity index (χ4n) is 4.57. The molecule has 4 heterocycles. The number of thiophene rings is 1. The molecule has 0 radical (unpaired) electrons. The summed E-state index contributed by atoms with van der Waals surface area (Å²) in [4.78, 5) is 30.4. The number of benzene rings is 1. The molecule has 6 nitrogen and oxygen atoms in total. The van der Waals surface area contributed by atoms with Crippen LogP contribution in [0.5, 0.6) is 0 Å². The van der Waals surface area contributed by atoms with Crippen molar-refractivity contribution in [3.05, 3.63) is 83.8 Å². The maximum Gasteiger partial charge on any atom is 0.332 e. The Bertz CT molecular complexity index is 1170. The van der Waals surface area contributed by atoms with E-state index in [1.807, 2.05) is 42.5 Å². The van der Waals surface area contributed by atoms with Crippen molar-refractivity contribution in [3.63, 3.8) is 0 Å². The summed E-state index contributed by atoms with van der Waals surface area (Å²) in [5.74, 6) is 1.34. The number of hydrogen-bond donors (Lipinski definition) is 0. The summed E-state index contributed by atoms with van der Waals surface area (Å²) in [6.07, 6.45) is 0. The zero-order chi connectivity index (χ0) is 20.1. The number of fused-ring (bicyclic) bond motifs is 3. The molecule has 0 N–H and O–H groups in total. The second-order valence-corrected chi connectivity index (χ2v) is 9.67. The van der Waals surface area contributed by atoms with Gasteiger partial charge in [0.05, 0.1) is 6.54 Å². The molecular formula is C22H24N4O2S. The highest BCUT2D eigenvalue weighted by atomic mass is 32.1. The molecule has 150 valence electrons. The normalized spacial score (nSPS) is 20.8. The molecule has 3 aromatic rings. The molecule has 1 saturated heterocycles. The zero-order valence-electron chi connectivity index (χ0n) is 16.7. The molecule has 2 aromatic heterocycles. The number of likely N-dealkylation sites (tertiary alicyclic amines) is 1. The summed E-state index contributed by atoms with van der Waals surface area (Å²) in [5, 5.41) is 4.66. The topological polar surface area (TPSA) is 60.1 Å². The maximum atomic E-state index is 12.7. The van der Waals surface area contributed by atoms with Crippen molar-refractivity contribution in [1.29, 1.82) is 0 Å².